The third kappa shape index (κ3) is 3.90. The van der Waals surface area contributed by atoms with E-state index in [1.54, 1.807) is 36.4 Å². The van der Waals surface area contributed by atoms with Gasteiger partial charge in [0, 0.05) is 11.6 Å². The Balaban J connectivity index is 1.48. The minimum atomic E-state index is -0.454. The number of ether oxygens (including phenoxy) is 1. The lowest BCUT2D eigenvalue weighted by Crippen LogP contribution is -2.09. The Hall–Kier alpha value is -3.79. The summed E-state index contributed by atoms with van der Waals surface area (Å²) in [4.78, 5) is 12.1. The van der Waals surface area contributed by atoms with Crippen molar-refractivity contribution in [2.45, 2.75) is 0 Å². The molecule has 0 unspecified atom stereocenters. The molecule has 0 atom stereocenters. The average molecular weight is 352 g/mol. The monoisotopic (exact) mass is 352 g/mol. The van der Waals surface area contributed by atoms with Crippen LogP contribution in [0.2, 0.25) is 0 Å². The maximum atomic E-state index is 12.1. The molecule has 1 aromatic heterocycles. The van der Waals surface area contributed by atoms with Crippen LogP contribution in [0.3, 0.4) is 0 Å². The summed E-state index contributed by atoms with van der Waals surface area (Å²) in [5, 5.41) is 8.18. The van der Waals surface area contributed by atoms with E-state index in [-0.39, 0.29) is 5.88 Å². The summed E-state index contributed by atoms with van der Waals surface area (Å²) in [6.45, 7) is 0. The second-order valence-corrected chi connectivity index (χ2v) is 5.96. The lowest BCUT2D eigenvalue weighted by Gasteiger charge is -2.05. The van der Waals surface area contributed by atoms with Gasteiger partial charge < -0.3 is 4.74 Å². The van der Waals surface area contributed by atoms with Gasteiger partial charge in [-0.05, 0) is 29.3 Å². The maximum Gasteiger partial charge on any atom is 0.344 e. The van der Waals surface area contributed by atoms with E-state index >= 15 is 0 Å². The van der Waals surface area contributed by atoms with Crippen molar-refractivity contribution in [2.75, 3.05) is 0 Å². The number of aromatic nitrogens is 2. The SMILES string of the molecule is O=C(Oc1ccc(-c2ccc(-c3ccccc3)cc2)nn1)c1ccccc1. The van der Waals surface area contributed by atoms with E-state index in [1.807, 2.05) is 36.4 Å². The first-order valence-corrected chi connectivity index (χ1v) is 8.56. The van der Waals surface area contributed by atoms with Gasteiger partial charge in [-0.15, -0.1) is 10.2 Å². The molecule has 0 aliphatic rings. The molecule has 0 saturated heterocycles. The summed E-state index contributed by atoms with van der Waals surface area (Å²) >= 11 is 0. The van der Waals surface area contributed by atoms with Crippen molar-refractivity contribution >= 4 is 5.97 Å². The Labute approximate surface area is 157 Å². The van der Waals surface area contributed by atoms with Crippen molar-refractivity contribution in [3.8, 4) is 28.3 Å². The molecule has 4 nitrogen and oxygen atoms in total. The van der Waals surface area contributed by atoms with Crippen LogP contribution in [0.1, 0.15) is 10.4 Å². The van der Waals surface area contributed by atoms with Gasteiger partial charge in [-0.2, -0.15) is 0 Å². The highest BCUT2D eigenvalue weighted by atomic mass is 16.5. The van der Waals surface area contributed by atoms with Crippen LogP contribution in [-0.4, -0.2) is 16.2 Å². The molecule has 4 aromatic rings. The van der Waals surface area contributed by atoms with Crippen LogP contribution in [0, 0.1) is 0 Å². The van der Waals surface area contributed by atoms with Gasteiger partial charge in [0.05, 0.1) is 11.3 Å². The second kappa shape index (κ2) is 7.62. The van der Waals surface area contributed by atoms with Crippen LogP contribution in [0.25, 0.3) is 22.4 Å². The van der Waals surface area contributed by atoms with Gasteiger partial charge in [-0.1, -0.05) is 72.8 Å². The molecule has 0 bridgehead atoms. The summed E-state index contributed by atoms with van der Waals surface area (Å²) in [6, 6.07) is 30.5. The smallest absolute Gasteiger partial charge is 0.344 e. The van der Waals surface area contributed by atoms with E-state index in [2.05, 4.69) is 34.5 Å². The normalized spacial score (nSPS) is 10.4. The predicted octanol–water partition coefficient (Wildman–Crippen LogP) is 5.03. The number of hydrogen-bond donors (Lipinski definition) is 0. The predicted molar refractivity (Wildman–Crippen MR) is 104 cm³/mol. The Morgan fingerprint density at radius 2 is 1.19 bits per heavy atom. The zero-order valence-electron chi connectivity index (χ0n) is 14.4. The molecule has 130 valence electrons. The maximum absolute atomic E-state index is 12.1. The van der Waals surface area contributed by atoms with Gasteiger partial charge in [0.25, 0.3) is 0 Å². The zero-order chi connectivity index (χ0) is 18.5. The molecule has 0 saturated carbocycles. The molecule has 0 radical (unpaired) electrons. The highest BCUT2D eigenvalue weighted by Crippen LogP contribution is 2.24. The third-order valence-corrected chi connectivity index (χ3v) is 4.13. The topological polar surface area (TPSA) is 52.1 Å². The molecule has 1 heterocycles. The molecule has 27 heavy (non-hydrogen) atoms. The zero-order valence-corrected chi connectivity index (χ0v) is 14.4. The van der Waals surface area contributed by atoms with Crippen LogP contribution < -0.4 is 4.74 Å². The third-order valence-electron chi connectivity index (χ3n) is 4.13. The van der Waals surface area contributed by atoms with Gasteiger partial charge in [0.15, 0.2) is 0 Å². The average Bonchev–Trinajstić information content (AvgIpc) is 2.76. The molecule has 0 spiro atoms. The van der Waals surface area contributed by atoms with Crippen molar-refractivity contribution in [3.63, 3.8) is 0 Å². The molecule has 4 heteroatoms. The highest BCUT2D eigenvalue weighted by Gasteiger charge is 2.09. The Kier molecular flexibility index (Phi) is 4.70. The summed E-state index contributed by atoms with van der Waals surface area (Å²) in [6.07, 6.45) is 0. The van der Waals surface area contributed by atoms with Crippen LogP contribution in [0.15, 0.2) is 97.1 Å². The molecule has 4 rings (SSSR count). The van der Waals surface area contributed by atoms with E-state index in [0.29, 0.717) is 11.3 Å². The summed E-state index contributed by atoms with van der Waals surface area (Å²) in [5.41, 5.74) is 4.44. The quantitative estimate of drug-likeness (QED) is 0.483. The van der Waals surface area contributed by atoms with Crippen LogP contribution >= 0.6 is 0 Å². The fourth-order valence-electron chi connectivity index (χ4n) is 2.72. The van der Waals surface area contributed by atoms with Crippen LogP contribution in [-0.2, 0) is 0 Å². The number of benzene rings is 3. The largest absolute Gasteiger partial charge is 0.402 e. The number of nitrogens with zero attached hydrogens (tertiary/aromatic N) is 2. The van der Waals surface area contributed by atoms with Gasteiger partial charge in [0.1, 0.15) is 0 Å². The fraction of sp³-hybridized carbons (Fsp3) is 0. The van der Waals surface area contributed by atoms with E-state index in [4.69, 9.17) is 4.74 Å². The molecule has 3 aromatic carbocycles. The van der Waals surface area contributed by atoms with E-state index in [1.165, 1.54) is 5.56 Å². The van der Waals surface area contributed by atoms with Gasteiger partial charge in [-0.25, -0.2) is 4.79 Å². The number of carbonyl (C=O) groups is 1. The Morgan fingerprint density at radius 1 is 0.593 bits per heavy atom. The van der Waals surface area contributed by atoms with E-state index < -0.39 is 5.97 Å². The number of rotatable bonds is 4. The molecule has 0 aliphatic carbocycles. The van der Waals surface area contributed by atoms with Gasteiger partial charge >= 0.3 is 5.97 Å². The van der Waals surface area contributed by atoms with E-state index in [9.17, 15) is 4.79 Å². The van der Waals surface area contributed by atoms with Crippen molar-refractivity contribution in [2.24, 2.45) is 0 Å². The molecular weight excluding hydrogens is 336 g/mol. The minimum Gasteiger partial charge on any atom is -0.402 e. The first-order chi connectivity index (χ1) is 13.3. The highest BCUT2D eigenvalue weighted by molar-refractivity contribution is 5.90. The van der Waals surface area contributed by atoms with Gasteiger partial charge in [-0.3, -0.25) is 0 Å². The molecule has 0 amide bonds. The first-order valence-electron chi connectivity index (χ1n) is 8.56. The molecule has 0 aliphatic heterocycles. The lowest BCUT2D eigenvalue weighted by atomic mass is 10.0. The fourth-order valence-corrected chi connectivity index (χ4v) is 2.72. The van der Waals surface area contributed by atoms with Crippen molar-refractivity contribution < 1.29 is 9.53 Å². The van der Waals surface area contributed by atoms with E-state index in [0.717, 1.165) is 11.1 Å². The van der Waals surface area contributed by atoms with Crippen molar-refractivity contribution in [3.05, 3.63) is 103 Å². The van der Waals surface area contributed by atoms with Gasteiger partial charge in [0.2, 0.25) is 5.88 Å². The summed E-state index contributed by atoms with van der Waals surface area (Å²) < 4.78 is 5.26. The van der Waals surface area contributed by atoms with Crippen molar-refractivity contribution in [1.29, 1.82) is 0 Å². The standard InChI is InChI=1S/C23H16N2O2/c26-23(20-9-5-2-6-10-20)27-22-16-15-21(24-25-22)19-13-11-18(12-14-19)17-7-3-1-4-8-17/h1-16H. The lowest BCUT2D eigenvalue weighted by molar-refractivity contribution is 0.0726. The van der Waals surface area contributed by atoms with Crippen LogP contribution in [0.4, 0.5) is 0 Å². The molecule has 0 N–H and O–H groups in total. The molecular formula is C23H16N2O2. The van der Waals surface area contributed by atoms with Crippen molar-refractivity contribution in [1.82, 2.24) is 10.2 Å². The van der Waals surface area contributed by atoms with Crippen LogP contribution in [0.5, 0.6) is 5.88 Å². The molecule has 0 fully saturated rings. The number of carbonyl (C=O) groups excluding carboxylic acids is 1. The second-order valence-electron chi connectivity index (χ2n) is 5.96. The Morgan fingerprint density at radius 3 is 1.81 bits per heavy atom. The number of esters is 1. The minimum absolute atomic E-state index is 0.175. The summed E-state index contributed by atoms with van der Waals surface area (Å²) in [7, 11) is 0. The summed E-state index contributed by atoms with van der Waals surface area (Å²) in [5.74, 6) is -0.279. The Bertz CT molecular complexity index is 1030. The first kappa shape index (κ1) is 16.7. The number of hydrogen-bond acceptors (Lipinski definition) is 4.